The predicted molar refractivity (Wildman–Crippen MR) is 87.7 cm³/mol. The summed E-state index contributed by atoms with van der Waals surface area (Å²) in [6.07, 6.45) is 0. The first-order valence-electron chi connectivity index (χ1n) is 6.97. The molecule has 0 aliphatic rings. The van der Waals surface area contributed by atoms with Gasteiger partial charge in [0.2, 0.25) is 0 Å². The Labute approximate surface area is 128 Å². The summed E-state index contributed by atoms with van der Waals surface area (Å²) in [7, 11) is 5.13. The van der Waals surface area contributed by atoms with Crippen molar-refractivity contribution in [3.8, 4) is 22.8 Å². The van der Waals surface area contributed by atoms with Gasteiger partial charge in [-0.25, -0.2) is 0 Å². The maximum atomic E-state index is 12.6. The van der Waals surface area contributed by atoms with Crippen molar-refractivity contribution in [1.82, 2.24) is 4.57 Å². The zero-order valence-electron chi connectivity index (χ0n) is 12.8. The van der Waals surface area contributed by atoms with E-state index < -0.39 is 0 Å². The quantitative estimate of drug-likeness (QED) is 0.745. The standard InChI is InChI=1S/C18H17NO3/c1-19-13-8-6-10-17(22-3)18(13)15(20)11-14(19)12-7-4-5-9-16(12)21-2/h4-11H,1-3H3. The molecule has 0 radical (unpaired) electrons. The molecule has 2 aromatic carbocycles. The van der Waals surface area contributed by atoms with Crippen molar-refractivity contribution < 1.29 is 9.47 Å². The molecule has 0 bridgehead atoms. The van der Waals surface area contributed by atoms with Crippen LogP contribution >= 0.6 is 0 Å². The fourth-order valence-electron chi connectivity index (χ4n) is 2.75. The molecule has 0 atom stereocenters. The summed E-state index contributed by atoms with van der Waals surface area (Å²) >= 11 is 0. The van der Waals surface area contributed by atoms with E-state index in [4.69, 9.17) is 9.47 Å². The third kappa shape index (κ3) is 2.13. The molecule has 0 fully saturated rings. The van der Waals surface area contributed by atoms with Crippen LogP contribution < -0.4 is 14.9 Å². The van der Waals surface area contributed by atoms with Crippen LogP contribution in [0.25, 0.3) is 22.2 Å². The molecule has 0 amide bonds. The van der Waals surface area contributed by atoms with E-state index >= 15 is 0 Å². The molecule has 3 aromatic rings. The number of hydrogen-bond donors (Lipinski definition) is 0. The molecular weight excluding hydrogens is 278 g/mol. The Morgan fingerprint density at radius 2 is 1.59 bits per heavy atom. The van der Waals surface area contributed by atoms with Gasteiger partial charge >= 0.3 is 0 Å². The third-order valence-corrected chi connectivity index (χ3v) is 3.84. The summed E-state index contributed by atoms with van der Waals surface area (Å²) in [5, 5.41) is 0.589. The molecule has 0 unspecified atom stereocenters. The van der Waals surface area contributed by atoms with Crippen molar-refractivity contribution in [2.75, 3.05) is 14.2 Å². The van der Waals surface area contributed by atoms with Gasteiger partial charge in [0.15, 0.2) is 5.43 Å². The van der Waals surface area contributed by atoms with Crippen LogP contribution in [-0.2, 0) is 7.05 Å². The lowest BCUT2D eigenvalue weighted by molar-refractivity contribution is 0.416. The van der Waals surface area contributed by atoms with Crippen LogP contribution in [-0.4, -0.2) is 18.8 Å². The van der Waals surface area contributed by atoms with Gasteiger partial charge in [0.05, 0.1) is 30.8 Å². The van der Waals surface area contributed by atoms with E-state index in [1.54, 1.807) is 26.4 Å². The summed E-state index contributed by atoms with van der Waals surface area (Å²) in [5.41, 5.74) is 2.46. The number of benzene rings is 2. The Hall–Kier alpha value is -2.75. The first-order chi connectivity index (χ1) is 10.7. The Bertz CT molecular complexity index is 896. The second-order valence-corrected chi connectivity index (χ2v) is 5.01. The molecule has 4 nitrogen and oxygen atoms in total. The zero-order valence-corrected chi connectivity index (χ0v) is 12.8. The molecule has 0 spiro atoms. The number of fused-ring (bicyclic) bond motifs is 1. The van der Waals surface area contributed by atoms with Gasteiger partial charge in [-0.1, -0.05) is 18.2 Å². The highest BCUT2D eigenvalue weighted by molar-refractivity contribution is 5.88. The minimum atomic E-state index is -0.0635. The van der Waals surface area contributed by atoms with Gasteiger partial charge in [-0.3, -0.25) is 4.79 Å². The molecule has 1 heterocycles. The van der Waals surface area contributed by atoms with Crippen molar-refractivity contribution in [1.29, 1.82) is 0 Å². The Morgan fingerprint density at radius 3 is 2.32 bits per heavy atom. The average Bonchev–Trinajstić information content (AvgIpc) is 2.57. The second-order valence-electron chi connectivity index (χ2n) is 5.01. The average molecular weight is 295 g/mol. The van der Waals surface area contributed by atoms with Crippen LogP contribution in [0.1, 0.15) is 0 Å². The number of ether oxygens (including phenoxy) is 2. The van der Waals surface area contributed by atoms with Crippen molar-refractivity contribution in [2.45, 2.75) is 0 Å². The summed E-state index contributed by atoms with van der Waals surface area (Å²) in [4.78, 5) is 12.6. The Morgan fingerprint density at radius 1 is 0.909 bits per heavy atom. The van der Waals surface area contributed by atoms with Crippen LogP contribution in [0, 0.1) is 0 Å². The topological polar surface area (TPSA) is 40.5 Å². The molecule has 0 aliphatic heterocycles. The highest BCUT2D eigenvalue weighted by Crippen LogP contribution is 2.31. The van der Waals surface area contributed by atoms with E-state index in [2.05, 4.69) is 0 Å². The highest BCUT2D eigenvalue weighted by Gasteiger charge is 2.14. The molecule has 0 aliphatic carbocycles. The fraction of sp³-hybridized carbons (Fsp3) is 0.167. The predicted octanol–water partition coefficient (Wildman–Crippen LogP) is 3.22. The van der Waals surface area contributed by atoms with Crippen LogP contribution in [0.2, 0.25) is 0 Å². The van der Waals surface area contributed by atoms with Gasteiger partial charge in [0, 0.05) is 18.7 Å². The molecule has 3 rings (SSSR count). The Kier molecular flexibility index (Phi) is 3.59. The normalized spacial score (nSPS) is 10.7. The number of hydrogen-bond acceptors (Lipinski definition) is 3. The number of rotatable bonds is 3. The zero-order chi connectivity index (χ0) is 15.7. The summed E-state index contributed by atoms with van der Waals surface area (Å²) < 4.78 is 12.7. The van der Waals surface area contributed by atoms with Crippen LogP contribution in [0.15, 0.2) is 53.3 Å². The van der Waals surface area contributed by atoms with Gasteiger partial charge in [0.25, 0.3) is 0 Å². The number of nitrogens with zero attached hydrogens (tertiary/aromatic N) is 1. The SMILES string of the molecule is COc1ccccc1-c1cc(=O)c2c(OC)cccc2n1C. The molecule has 1 aromatic heterocycles. The summed E-state index contributed by atoms with van der Waals surface area (Å²) in [6.45, 7) is 0. The number of methoxy groups -OCH3 is 2. The van der Waals surface area contributed by atoms with Crippen LogP contribution in [0.5, 0.6) is 11.5 Å². The lowest BCUT2D eigenvalue weighted by atomic mass is 10.1. The van der Waals surface area contributed by atoms with Crippen LogP contribution in [0.3, 0.4) is 0 Å². The van der Waals surface area contributed by atoms with Crippen molar-refractivity contribution >= 4 is 10.9 Å². The fourth-order valence-corrected chi connectivity index (χ4v) is 2.75. The summed E-state index contributed by atoms with van der Waals surface area (Å²) in [6, 6.07) is 14.9. The molecule has 0 saturated heterocycles. The van der Waals surface area contributed by atoms with E-state index in [0.29, 0.717) is 11.1 Å². The second kappa shape index (κ2) is 5.56. The van der Waals surface area contributed by atoms with E-state index in [1.165, 1.54) is 0 Å². The molecule has 0 saturated carbocycles. The maximum absolute atomic E-state index is 12.6. The minimum absolute atomic E-state index is 0.0635. The third-order valence-electron chi connectivity index (χ3n) is 3.84. The largest absolute Gasteiger partial charge is 0.496 e. The van der Waals surface area contributed by atoms with Gasteiger partial charge in [-0.15, -0.1) is 0 Å². The smallest absolute Gasteiger partial charge is 0.193 e. The van der Waals surface area contributed by atoms with Gasteiger partial charge in [0.1, 0.15) is 11.5 Å². The number of para-hydroxylation sites is 1. The molecule has 112 valence electrons. The van der Waals surface area contributed by atoms with Gasteiger partial charge < -0.3 is 14.0 Å². The minimum Gasteiger partial charge on any atom is -0.496 e. The molecule has 0 N–H and O–H groups in total. The first kappa shape index (κ1) is 14.2. The number of aryl methyl sites for hydroxylation is 1. The van der Waals surface area contributed by atoms with Crippen LogP contribution in [0.4, 0.5) is 0 Å². The lowest BCUT2D eigenvalue weighted by Gasteiger charge is -2.16. The van der Waals surface area contributed by atoms with Gasteiger partial charge in [-0.05, 0) is 24.3 Å². The van der Waals surface area contributed by atoms with Crippen molar-refractivity contribution in [2.24, 2.45) is 7.05 Å². The van der Waals surface area contributed by atoms with E-state index in [9.17, 15) is 4.79 Å². The first-order valence-corrected chi connectivity index (χ1v) is 6.97. The lowest BCUT2D eigenvalue weighted by Crippen LogP contribution is -2.10. The van der Waals surface area contributed by atoms with Crippen molar-refractivity contribution in [3.05, 3.63) is 58.8 Å². The highest BCUT2D eigenvalue weighted by atomic mass is 16.5. The summed E-state index contributed by atoms with van der Waals surface area (Å²) in [5.74, 6) is 1.32. The number of pyridine rings is 1. The monoisotopic (exact) mass is 295 g/mol. The van der Waals surface area contributed by atoms with Gasteiger partial charge in [-0.2, -0.15) is 0 Å². The van der Waals surface area contributed by atoms with E-state index in [1.807, 2.05) is 48.0 Å². The Balaban J connectivity index is 2.38. The van der Waals surface area contributed by atoms with E-state index in [-0.39, 0.29) is 5.43 Å². The van der Waals surface area contributed by atoms with E-state index in [0.717, 1.165) is 22.5 Å². The maximum Gasteiger partial charge on any atom is 0.193 e. The molecule has 22 heavy (non-hydrogen) atoms. The number of aromatic nitrogens is 1. The molecule has 4 heteroatoms. The van der Waals surface area contributed by atoms with Crippen molar-refractivity contribution in [3.63, 3.8) is 0 Å². The molecular formula is C18H17NO3.